The Labute approximate surface area is 79.9 Å². The van der Waals surface area contributed by atoms with Crippen molar-refractivity contribution in [1.29, 1.82) is 0 Å². The lowest BCUT2D eigenvalue weighted by molar-refractivity contribution is -0.163. The second kappa shape index (κ2) is 3.17. The van der Waals surface area contributed by atoms with Crippen LogP contribution in [0.2, 0.25) is 0 Å². The molecule has 0 saturated carbocycles. The third kappa shape index (κ3) is 1.37. The molecule has 2 rings (SSSR count). The standard InChI is InChI=1S/C9H9NO4/c11-8-7(9(12)13)5-10(8)4-6-2-1-3-14-6/h1-3,7H,4-5H2,(H,12,13). The van der Waals surface area contributed by atoms with Gasteiger partial charge in [-0.15, -0.1) is 0 Å². The smallest absolute Gasteiger partial charge is 0.317 e. The molecule has 1 aliphatic rings. The number of likely N-dealkylation sites (tertiary alicyclic amines) is 1. The first-order valence-corrected chi connectivity index (χ1v) is 4.22. The van der Waals surface area contributed by atoms with Gasteiger partial charge in [-0.2, -0.15) is 0 Å². The third-order valence-electron chi connectivity index (χ3n) is 2.24. The predicted octanol–water partition coefficient (Wildman–Crippen LogP) is 0.323. The first-order valence-electron chi connectivity index (χ1n) is 4.22. The van der Waals surface area contributed by atoms with Crippen LogP contribution in [0.1, 0.15) is 5.76 Å². The summed E-state index contributed by atoms with van der Waals surface area (Å²) in [5.41, 5.74) is 0. The van der Waals surface area contributed by atoms with Crippen molar-refractivity contribution in [1.82, 2.24) is 4.90 Å². The van der Waals surface area contributed by atoms with E-state index in [9.17, 15) is 9.59 Å². The predicted molar refractivity (Wildman–Crippen MR) is 45.3 cm³/mol. The van der Waals surface area contributed by atoms with Crippen LogP contribution in [0.4, 0.5) is 0 Å². The van der Waals surface area contributed by atoms with Crippen LogP contribution in [-0.2, 0) is 16.1 Å². The lowest BCUT2D eigenvalue weighted by Gasteiger charge is -2.35. The van der Waals surface area contributed by atoms with E-state index in [1.165, 1.54) is 11.2 Å². The Kier molecular flexibility index (Phi) is 1.99. The molecule has 0 spiro atoms. The molecular weight excluding hydrogens is 186 g/mol. The molecule has 0 aromatic carbocycles. The van der Waals surface area contributed by atoms with Crippen LogP contribution < -0.4 is 0 Å². The highest BCUT2D eigenvalue weighted by Gasteiger charge is 2.42. The van der Waals surface area contributed by atoms with Crippen molar-refractivity contribution in [3.05, 3.63) is 24.2 Å². The summed E-state index contributed by atoms with van der Waals surface area (Å²) in [4.78, 5) is 23.2. The van der Waals surface area contributed by atoms with Crippen LogP contribution in [-0.4, -0.2) is 28.4 Å². The average molecular weight is 195 g/mol. The molecule has 1 aromatic heterocycles. The largest absolute Gasteiger partial charge is 0.481 e. The van der Waals surface area contributed by atoms with Crippen LogP contribution in [0.15, 0.2) is 22.8 Å². The van der Waals surface area contributed by atoms with Gasteiger partial charge in [0.15, 0.2) is 5.92 Å². The summed E-state index contributed by atoms with van der Waals surface area (Å²) in [6.45, 7) is 0.629. The zero-order chi connectivity index (χ0) is 10.1. The normalized spacial score (nSPS) is 20.7. The minimum absolute atomic E-state index is 0.273. The topological polar surface area (TPSA) is 70.8 Å². The number of hydrogen-bond acceptors (Lipinski definition) is 3. The lowest BCUT2D eigenvalue weighted by Crippen LogP contribution is -2.54. The summed E-state index contributed by atoms with van der Waals surface area (Å²) < 4.78 is 5.04. The summed E-state index contributed by atoms with van der Waals surface area (Å²) in [6.07, 6.45) is 1.52. The van der Waals surface area contributed by atoms with Crippen molar-refractivity contribution in [2.45, 2.75) is 6.54 Å². The number of carbonyl (C=O) groups excluding carboxylic acids is 1. The minimum Gasteiger partial charge on any atom is -0.481 e. The van der Waals surface area contributed by atoms with Crippen molar-refractivity contribution in [2.24, 2.45) is 5.92 Å². The van der Waals surface area contributed by atoms with Gasteiger partial charge in [-0.1, -0.05) is 0 Å². The Bertz CT molecular complexity index is 357. The molecule has 1 N–H and O–H groups in total. The molecule has 0 bridgehead atoms. The van der Waals surface area contributed by atoms with Gasteiger partial charge in [0, 0.05) is 6.54 Å². The van der Waals surface area contributed by atoms with Gasteiger partial charge in [-0.3, -0.25) is 9.59 Å². The maximum atomic E-state index is 11.2. The molecule has 1 atom stereocenters. The van der Waals surface area contributed by atoms with E-state index in [2.05, 4.69) is 0 Å². The van der Waals surface area contributed by atoms with Crippen molar-refractivity contribution in [3.8, 4) is 0 Å². The quantitative estimate of drug-likeness (QED) is 0.557. The van der Waals surface area contributed by atoms with Gasteiger partial charge in [0.25, 0.3) is 0 Å². The molecule has 0 radical (unpaired) electrons. The third-order valence-corrected chi connectivity index (χ3v) is 2.24. The van der Waals surface area contributed by atoms with Gasteiger partial charge in [-0.25, -0.2) is 0 Å². The van der Waals surface area contributed by atoms with E-state index >= 15 is 0 Å². The summed E-state index contributed by atoms with van der Waals surface area (Å²) in [5.74, 6) is -1.58. The molecule has 74 valence electrons. The van der Waals surface area contributed by atoms with E-state index < -0.39 is 11.9 Å². The first kappa shape index (κ1) is 8.80. The van der Waals surface area contributed by atoms with Crippen molar-refractivity contribution >= 4 is 11.9 Å². The molecule has 1 aliphatic heterocycles. The molecule has 2 heterocycles. The highest BCUT2D eigenvalue weighted by Crippen LogP contribution is 2.20. The van der Waals surface area contributed by atoms with Crippen LogP contribution in [0.25, 0.3) is 0 Å². The molecule has 1 fully saturated rings. The van der Waals surface area contributed by atoms with E-state index in [1.807, 2.05) is 0 Å². The van der Waals surface area contributed by atoms with Gasteiger partial charge in [0.2, 0.25) is 5.91 Å². The number of rotatable bonds is 3. The Morgan fingerprint density at radius 1 is 1.71 bits per heavy atom. The summed E-state index contributed by atoms with van der Waals surface area (Å²) in [5, 5.41) is 8.58. The Balaban J connectivity index is 1.93. The SMILES string of the molecule is O=C(O)C1CN(Cc2ccco2)C1=O. The number of aliphatic carboxylic acids is 1. The van der Waals surface area contributed by atoms with Gasteiger partial charge < -0.3 is 14.4 Å². The highest BCUT2D eigenvalue weighted by atomic mass is 16.4. The van der Waals surface area contributed by atoms with Crippen LogP contribution in [0.3, 0.4) is 0 Å². The molecule has 1 unspecified atom stereocenters. The number of furan rings is 1. The number of carboxylic acids is 1. The zero-order valence-corrected chi connectivity index (χ0v) is 7.34. The molecular formula is C9H9NO4. The lowest BCUT2D eigenvalue weighted by atomic mass is 9.99. The Morgan fingerprint density at radius 2 is 2.50 bits per heavy atom. The summed E-state index contributed by atoms with van der Waals surface area (Å²) in [6, 6.07) is 3.48. The number of β-lactam (4-membered cyclic amide) rings is 1. The molecule has 1 aromatic rings. The molecule has 1 saturated heterocycles. The molecule has 5 nitrogen and oxygen atoms in total. The van der Waals surface area contributed by atoms with E-state index in [1.54, 1.807) is 12.1 Å². The monoisotopic (exact) mass is 195 g/mol. The van der Waals surface area contributed by atoms with Crippen LogP contribution in [0.5, 0.6) is 0 Å². The average Bonchev–Trinajstić information content (AvgIpc) is 2.62. The van der Waals surface area contributed by atoms with E-state index in [4.69, 9.17) is 9.52 Å². The van der Waals surface area contributed by atoms with Crippen molar-refractivity contribution in [2.75, 3.05) is 6.54 Å². The highest BCUT2D eigenvalue weighted by molar-refractivity contribution is 6.01. The van der Waals surface area contributed by atoms with E-state index in [0.29, 0.717) is 12.3 Å². The van der Waals surface area contributed by atoms with Crippen LogP contribution >= 0.6 is 0 Å². The van der Waals surface area contributed by atoms with Gasteiger partial charge in [0.05, 0.1) is 12.8 Å². The maximum absolute atomic E-state index is 11.2. The van der Waals surface area contributed by atoms with Gasteiger partial charge in [-0.05, 0) is 12.1 Å². The van der Waals surface area contributed by atoms with Gasteiger partial charge in [0.1, 0.15) is 5.76 Å². The fourth-order valence-electron chi connectivity index (χ4n) is 1.41. The zero-order valence-electron chi connectivity index (χ0n) is 7.34. The Morgan fingerprint density at radius 3 is 3.00 bits per heavy atom. The van der Waals surface area contributed by atoms with E-state index in [0.717, 1.165) is 0 Å². The summed E-state index contributed by atoms with van der Waals surface area (Å²) >= 11 is 0. The fraction of sp³-hybridized carbons (Fsp3) is 0.333. The number of nitrogens with zero attached hydrogens (tertiary/aromatic N) is 1. The van der Waals surface area contributed by atoms with Crippen LogP contribution in [0, 0.1) is 5.92 Å². The Hall–Kier alpha value is -1.78. The molecule has 14 heavy (non-hydrogen) atoms. The number of carbonyl (C=O) groups is 2. The molecule has 1 amide bonds. The molecule has 0 aliphatic carbocycles. The number of amides is 1. The first-order chi connectivity index (χ1) is 6.68. The summed E-state index contributed by atoms with van der Waals surface area (Å²) in [7, 11) is 0. The molecule has 5 heteroatoms. The number of hydrogen-bond donors (Lipinski definition) is 1. The second-order valence-corrected chi connectivity index (χ2v) is 3.19. The fourth-order valence-corrected chi connectivity index (χ4v) is 1.41. The van der Waals surface area contributed by atoms with Crippen molar-refractivity contribution < 1.29 is 19.1 Å². The maximum Gasteiger partial charge on any atom is 0.317 e. The van der Waals surface area contributed by atoms with Gasteiger partial charge >= 0.3 is 5.97 Å². The second-order valence-electron chi connectivity index (χ2n) is 3.19. The van der Waals surface area contributed by atoms with E-state index in [-0.39, 0.29) is 12.5 Å². The van der Waals surface area contributed by atoms with Crippen molar-refractivity contribution in [3.63, 3.8) is 0 Å². The number of carboxylic acid groups (broad SMARTS) is 1. The minimum atomic E-state index is -1.05.